The fourth-order valence-electron chi connectivity index (χ4n) is 1.85. The van der Waals surface area contributed by atoms with Gasteiger partial charge in [-0.3, -0.25) is 9.48 Å². The highest BCUT2D eigenvalue weighted by Gasteiger charge is 2.35. The lowest BCUT2D eigenvalue weighted by atomic mass is 10.0. The van der Waals surface area contributed by atoms with E-state index in [1.807, 2.05) is 0 Å². The Labute approximate surface area is 116 Å². The molecule has 0 N–H and O–H groups in total. The van der Waals surface area contributed by atoms with E-state index in [1.165, 1.54) is 10.9 Å². The second kappa shape index (κ2) is 6.28. The first-order chi connectivity index (χ1) is 9.10. The SMILES string of the molecule is CC(C)[C@@H](C)N(CC(F)(F)F)C(=O)Cc1cnn(C)c1. The molecule has 0 aliphatic heterocycles. The second-order valence-corrected chi connectivity index (χ2v) is 5.32. The van der Waals surface area contributed by atoms with E-state index >= 15 is 0 Å². The lowest BCUT2D eigenvalue weighted by molar-refractivity contribution is -0.166. The molecule has 0 spiro atoms. The number of carbonyl (C=O) groups is 1. The maximum atomic E-state index is 12.6. The van der Waals surface area contributed by atoms with Crippen molar-refractivity contribution in [3.8, 4) is 0 Å². The molecular weight excluding hydrogens is 271 g/mol. The molecule has 0 fully saturated rings. The number of nitrogens with zero attached hydrogens (tertiary/aromatic N) is 3. The van der Waals surface area contributed by atoms with Crippen molar-refractivity contribution in [1.82, 2.24) is 14.7 Å². The van der Waals surface area contributed by atoms with Crippen LogP contribution in [0.3, 0.4) is 0 Å². The van der Waals surface area contributed by atoms with Gasteiger partial charge in [-0.15, -0.1) is 0 Å². The number of aromatic nitrogens is 2. The highest BCUT2D eigenvalue weighted by atomic mass is 19.4. The number of hydrogen-bond donors (Lipinski definition) is 0. The average Bonchev–Trinajstić information content (AvgIpc) is 2.69. The minimum Gasteiger partial charge on any atom is -0.330 e. The fourth-order valence-corrected chi connectivity index (χ4v) is 1.85. The minimum absolute atomic E-state index is 0.0461. The number of carbonyl (C=O) groups excluding carboxylic acids is 1. The zero-order valence-corrected chi connectivity index (χ0v) is 12.1. The molecule has 4 nitrogen and oxygen atoms in total. The minimum atomic E-state index is -4.40. The second-order valence-electron chi connectivity index (χ2n) is 5.32. The van der Waals surface area contributed by atoms with Gasteiger partial charge in [0.2, 0.25) is 5.91 Å². The van der Waals surface area contributed by atoms with Crippen molar-refractivity contribution in [3.63, 3.8) is 0 Å². The maximum Gasteiger partial charge on any atom is 0.406 e. The van der Waals surface area contributed by atoms with Gasteiger partial charge in [-0.2, -0.15) is 18.3 Å². The fraction of sp³-hybridized carbons (Fsp3) is 0.692. The molecule has 7 heteroatoms. The first-order valence-electron chi connectivity index (χ1n) is 6.44. The molecule has 0 radical (unpaired) electrons. The molecule has 0 aliphatic carbocycles. The summed E-state index contributed by atoms with van der Waals surface area (Å²) >= 11 is 0. The van der Waals surface area contributed by atoms with E-state index < -0.39 is 24.7 Å². The van der Waals surface area contributed by atoms with Crippen molar-refractivity contribution >= 4 is 5.91 Å². The van der Waals surface area contributed by atoms with Gasteiger partial charge in [0.05, 0.1) is 12.6 Å². The average molecular weight is 291 g/mol. The van der Waals surface area contributed by atoms with E-state index in [0.29, 0.717) is 5.56 Å². The van der Waals surface area contributed by atoms with Gasteiger partial charge in [-0.1, -0.05) is 13.8 Å². The Bertz CT molecular complexity index is 454. The van der Waals surface area contributed by atoms with Crippen LogP contribution in [0.1, 0.15) is 26.3 Å². The van der Waals surface area contributed by atoms with Crippen LogP contribution in [-0.2, 0) is 18.3 Å². The predicted molar refractivity (Wildman–Crippen MR) is 69.0 cm³/mol. The normalized spacial score (nSPS) is 13.6. The summed E-state index contributed by atoms with van der Waals surface area (Å²) in [4.78, 5) is 13.0. The van der Waals surface area contributed by atoms with E-state index in [-0.39, 0.29) is 12.3 Å². The van der Waals surface area contributed by atoms with Crippen LogP contribution in [0, 0.1) is 5.92 Å². The number of alkyl halides is 3. The van der Waals surface area contributed by atoms with Crippen LogP contribution >= 0.6 is 0 Å². The molecule has 1 atom stereocenters. The van der Waals surface area contributed by atoms with Crippen molar-refractivity contribution in [1.29, 1.82) is 0 Å². The summed E-state index contributed by atoms with van der Waals surface area (Å²) in [7, 11) is 1.69. The summed E-state index contributed by atoms with van der Waals surface area (Å²) in [6.45, 7) is 4.01. The maximum absolute atomic E-state index is 12.6. The van der Waals surface area contributed by atoms with E-state index in [9.17, 15) is 18.0 Å². The van der Waals surface area contributed by atoms with Crippen molar-refractivity contribution in [2.45, 2.75) is 39.4 Å². The van der Waals surface area contributed by atoms with Crippen LogP contribution in [0.15, 0.2) is 12.4 Å². The number of amides is 1. The summed E-state index contributed by atoms with van der Waals surface area (Å²) < 4.78 is 39.4. The first-order valence-corrected chi connectivity index (χ1v) is 6.44. The molecule has 1 amide bonds. The zero-order chi connectivity index (χ0) is 15.5. The lowest BCUT2D eigenvalue weighted by Gasteiger charge is -2.32. The lowest BCUT2D eigenvalue weighted by Crippen LogP contribution is -2.47. The van der Waals surface area contributed by atoms with Gasteiger partial charge in [-0.25, -0.2) is 0 Å². The van der Waals surface area contributed by atoms with Gasteiger partial charge >= 0.3 is 6.18 Å². The molecule has 0 bridgehead atoms. The van der Waals surface area contributed by atoms with Gasteiger partial charge in [0.1, 0.15) is 6.54 Å². The van der Waals surface area contributed by atoms with Gasteiger partial charge in [0.15, 0.2) is 0 Å². The number of rotatable bonds is 5. The summed E-state index contributed by atoms with van der Waals surface area (Å²) in [5.74, 6) is -0.577. The van der Waals surface area contributed by atoms with Gasteiger partial charge in [-0.05, 0) is 18.4 Å². The number of hydrogen-bond acceptors (Lipinski definition) is 2. The number of halogens is 3. The van der Waals surface area contributed by atoms with Crippen molar-refractivity contribution < 1.29 is 18.0 Å². The van der Waals surface area contributed by atoms with Crippen LogP contribution < -0.4 is 0 Å². The molecule has 1 heterocycles. The Morgan fingerprint density at radius 3 is 2.40 bits per heavy atom. The third-order valence-electron chi connectivity index (χ3n) is 3.24. The van der Waals surface area contributed by atoms with Gasteiger partial charge < -0.3 is 4.90 Å². The van der Waals surface area contributed by atoms with Gasteiger partial charge in [0, 0.05) is 19.3 Å². The largest absolute Gasteiger partial charge is 0.406 e. The zero-order valence-electron chi connectivity index (χ0n) is 12.1. The number of aryl methyl sites for hydroxylation is 1. The third kappa shape index (κ3) is 4.86. The molecule has 0 unspecified atom stereocenters. The van der Waals surface area contributed by atoms with Crippen LogP contribution in [0.25, 0.3) is 0 Å². The molecular formula is C13H20F3N3O. The van der Waals surface area contributed by atoms with Crippen LogP contribution in [0.2, 0.25) is 0 Å². The van der Waals surface area contributed by atoms with E-state index in [2.05, 4.69) is 5.10 Å². The smallest absolute Gasteiger partial charge is 0.330 e. The standard InChI is InChI=1S/C13H20F3N3O/c1-9(2)10(3)19(8-13(14,15)16)12(20)5-11-6-17-18(4)7-11/h6-7,9-10H,5,8H2,1-4H3/t10-/m1/s1. The first kappa shape index (κ1) is 16.5. The molecule has 0 saturated heterocycles. The summed E-state index contributed by atoms with van der Waals surface area (Å²) in [5.41, 5.74) is 0.612. The molecule has 0 saturated carbocycles. The third-order valence-corrected chi connectivity index (χ3v) is 3.24. The molecule has 0 aliphatic rings. The summed E-state index contributed by atoms with van der Waals surface area (Å²) in [5, 5.41) is 3.91. The van der Waals surface area contributed by atoms with Crippen LogP contribution in [0.5, 0.6) is 0 Å². The Kier molecular flexibility index (Phi) is 5.19. The molecule has 1 aromatic rings. The monoisotopic (exact) mass is 291 g/mol. The molecule has 1 aromatic heterocycles. The highest BCUT2D eigenvalue weighted by Crippen LogP contribution is 2.21. The Morgan fingerprint density at radius 1 is 1.40 bits per heavy atom. The van der Waals surface area contributed by atoms with Crippen molar-refractivity contribution in [2.75, 3.05) is 6.54 Å². The van der Waals surface area contributed by atoms with Crippen LogP contribution in [0.4, 0.5) is 13.2 Å². The Morgan fingerprint density at radius 2 is 2.00 bits per heavy atom. The molecule has 0 aromatic carbocycles. The molecule has 20 heavy (non-hydrogen) atoms. The van der Waals surface area contributed by atoms with Crippen molar-refractivity contribution in [2.24, 2.45) is 13.0 Å². The van der Waals surface area contributed by atoms with E-state index in [4.69, 9.17) is 0 Å². The molecule has 114 valence electrons. The van der Waals surface area contributed by atoms with Gasteiger partial charge in [0.25, 0.3) is 0 Å². The predicted octanol–water partition coefficient (Wildman–Crippen LogP) is 2.40. The summed E-state index contributed by atoms with van der Waals surface area (Å²) in [6, 6.07) is -0.471. The Hall–Kier alpha value is -1.53. The summed E-state index contributed by atoms with van der Waals surface area (Å²) in [6.07, 6.45) is -1.35. The van der Waals surface area contributed by atoms with Crippen LogP contribution in [-0.4, -0.2) is 39.4 Å². The van der Waals surface area contributed by atoms with E-state index in [1.54, 1.807) is 34.0 Å². The van der Waals surface area contributed by atoms with E-state index in [0.717, 1.165) is 4.90 Å². The Balaban J connectivity index is 2.83. The topological polar surface area (TPSA) is 38.1 Å². The highest BCUT2D eigenvalue weighted by molar-refractivity contribution is 5.79. The quantitative estimate of drug-likeness (QED) is 0.835. The molecule has 1 rings (SSSR count). The van der Waals surface area contributed by atoms with Crippen molar-refractivity contribution in [3.05, 3.63) is 18.0 Å².